The van der Waals surface area contributed by atoms with E-state index in [-0.39, 0.29) is 23.8 Å². The molecule has 1 aromatic carbocycles. The Balaban J connectivity index is 1.76. The molecule has 2 aromatic heterocycles. The maximum atomic E-state index is 13.2. The number of para-hydroxylation sites is 1. The van der Waals surface area contributed by atoms with Gasteiger partial charge in [-0.1, -0.05) is 42.0 Å². The number of amides is 1. The minimum absolute atomic E-state index is 0.254. The topological polar surface area (TPSA) is 89.2 Å². The van der Waals surface area contributed by atoms with Crippen molar-refractivity contribution < 1.29 is 4.79 Å². The molecule has 8 nitrogen and oxygen atoms in total. The highest BCUT2D eigenvalue weighted by Gasteiger charge is 2.24. The molecule has 1 amide bonds. The van der Waals surface area contributed by atoms with Crippen LogP contribution in [0.1, 0.15) is 39.7 Å². The fourth-order valence-corrected chi connectivity index (χ4v) is 5.11. The number of halogens is 1. The van der Waals surface area contributed by atoms with Crippen molar-refractivity contribution in [1.29, 1.82) is 0 Å². The van der Waals surface area contributed by atoms with Gasteiger partial charge in [-0.25, -0.2) is 9.78 Å². The molecule has 170 valence electrons. The Bertz CT molecular complexity index is 1270. The fourth-order valence-electron chi connectivity index (χ4n) is 3.87. The van der Waals surface area contributed by atoms with Crippen LogP contribution in [0.5, 0.6) is 0 Å². The minimum Gasteiger partial charge on any atom is -0.348 e. The first-order valence-corrected chi connectivity index (χ1v) is 11.9. The highest BCUT2D eigenvalue weighted by Crippen LogP contribution is 2.29. The number of piperidine rings is 1. The molecule has 1 saturated heterocycles. The number of anilines is 2. The summed E-state index contributed by atoms with van der Waals surface area (Å²) in [6.45, 7) is 7.22. The molecule has 3 aromatic rings. The van der Waals surface area contributed by atoms with Gasteiger partial charge in [0.1, 0.15) is 11.2 Å². The van der Waals surface area contributed by atoms with E-state index in [1.54, 1.807) is 38.1 Å². The van der Waals surface area contributed by atoms with Crippen LogP contribution in [0.3, 0.4) is 0 Å². The van der Waals surface area contributed by atoms with E-state index in [0.717, 1.165) is 25.9 Å². The lowest BCUT2D eigenvalue weighted by atomic mass is 10.00. The summed E-state index contributed by atoms with van der Waals surface area (Å²) < 4.78 is 2.86. The van der Waals surface area contributed by atoms with Crippen LogP contribution in [0, 0.1) is 5.92 Å². The van der Waals surface area contributed by atoms with Gasteiger partial charge in [-0.15, -0.1) is 0 Å². The maximum absolute atomic E-state index is 13.2. The number of nitrogens with one attached hydrogen (secondary N) is 1. The van der Waals surface area contributed by atoms with Crippen LogP contribution < -0.4 is 21.5 Å². The summed E-state index contributed by atoms with van der Waals surface area (Å²) in [7, 11) is 0. The Kier molecular flexibility index (Phi) is 6.39. The molecule has 0 radical (unpaired) electrons. The van der Waals surface area contributed by atoms with Gasteiger partial charge in [0.2, 0.25) is 5.91 Å². The summed E-state index contributed by atoms with van der Waals surface area (Å²) in [4.78, 5) is 45.9. The molecule has 32 heavy (non-hydrogen) atoms. The number of hydrogen-bond acceptors (Lipinski definition) is 6. The molecule has 0 unspecified atom stereocenters. The van der Waals surface area contributed by atoms with Crippen molar-refractivity contribution in [1.82, 2.24) is 14.1 Å². The number of nitrogens with zero attached hydrogens (tertiary/aromatic N) is 4. The molecule has 1 aliphatic heterocycles. The van der Waals surface area contributed by atoms with Gasteiger partial charge >= 0.3 is 5.69 Å². The number of benzene rings is 1. The second-order valence-corrected chi connectivity index (χ2v) is 9.87. The first kappa shape index (κ1) is 22.5. The molecule has 4 rings (SSSR count). The summed E-state index contributed by atoms with van der Waals surface area (Å²) in [5, 5.41) is 3.85. The van der Waals surface area contributed by atoms with Gasteiger partial charge < -0.3 is 10.2 Å². The zero-order chi connectivity index (χ0) is 23.0. The third-order valence-electron chi connectivity index (χ3n) is 5.72. The number of fused-ring (bicyclic) bond motifs is 1. The quantitative estimate of drug-likeness (QED) is 0.607. The Morgan fingerprint density at radius 3 is 2.59 bits per heavy atom. The highest BCUT2D eigenvalue weighted by molar-refractivity contribution is 7.22. The molecular weight excluding hydrogens is 450 g/mol. The second-order valence-electron chi connectivity index (χ2n) is 8.48. The zero-order valence-corrected chi connectivity index (χ0v) is 19.9. The van der Waals surface area contributed by atoms with Crippen molar-refractivity contribution in [3.8, 4) is 0 Å². The van der Waals surface area contributed by atoms with Crippen LogP contribution in [-0.4, -0.2) is 33.1 Å². The largest absolute Gasteiger partial charge is 0.348 e. The second kappa shape index (κ2) is 9.07. The van der Waals surface area contributed by atoms with E-state index in [1.165, 1.54) is 20.5 Å². The number of hydrogen-bond donors (Lipinski definition) is 1. The molecule has 0 spiro atoms. The average molecular weight is 476 g/mol. The van der Waals surface area contributed by atoms with Crippen molar-refractivity contribution in [3.05, 3.63) is 50.1 Å². The van der Waals surface area contributed by atoms with Crippen molar-refractivity contribution >= 4 is 50.0 Å². The molecule has 0 bridgehead atoms. The van der Waals surface area contributed by atoms with Gasteiger partial charge in [-0.05, 0) is 44.7 Å². The summed E-state index contributed by atoms with van der Waals surface area (Å²) in [5.41, 5.74) is -0.195. The molecule has 0 aliphatic carbocycles. The molecular formula is C22H26ClN5O3S. The van der Waals surface area contributed by atoms with E-state index in [2.05, 4.69) is 22.1 Å². The Morgan fingerprint density at radius 1 is 1.25 bits per heavy atom. The van der Waals surface area contributed by atoms with Crippen LogP contribution in [-0.2, 0) is 11.3 Å². The van der Waals surface area contributed by atoms with Crippen LogP contribution >= 0.6 is 22.9 Å². The molecule has 1 aliphatic rings. The first-order valence-electron chi connectivity index (χ1n) is 10.7. The van der Waals surface area contributed by atoms with Crippen LogP contribution in [0.4, 0.5) is 10.8 Å². The normalized spacial score (nSPS) is 15.0. The Morgan fingerprint density at radius 2 is 1.94 bits per heavy atom. The molecule has 0 atom stereocenters. The first-order chi connectivity index (χ1) is 15.3. The Labute approximate surface area is 194 Å². The number of carbonyl (C=O) groups excluding carboxylic acids is 1. The van der Waals surface area contributed by atoms with Crippen molar-refractivity contribution in [2.24, 2.45) is 5.92 Å². The van der Waals surface area contributed by atoms with Gasteiger partial charge in [0.15, 0.2) is 10.8 Å². The van der Waals surface area contributed by atoms with Gasteiger partial charge in [0, 0.05) is 19.1 Å². The van der Waals surface area contributed by atoms with Gasteiger partial charge in [-0.3, -0.25) is 18.7 Å². The molecule has 10 heteroatoms. The van der Waals surface area contributed by atoms with Gasteiger partial charge in [0.05, 0.1) is 10.7 Å². The van der Waals surface area contributed by atoms with Crippen LogP contribution in [0.2, 0.25) is 5.02 Å². The summed E-state index contributed by atoms with van der Waals surface area (Å²) in [5.74, 6) is 0.238. The Hall–Kier alpha value is -2.65. The SMILES string of the molecule is CC1CCN(c2nc3c(s2)c(=O)n(C(C)C)c(=O)n3CC(=O)Nc2ccccc2Cl)CC1. The number of carbonyl (C=O) groups is 1. The van der Waals surface area contributed by atoms with E-state index in [4.69, 9.17) is 11.6 Å². The van der Waals surface area contributed by atoms with Crippen LogP contribution in [0.25, 0.3) is 10.3 Å². The predicted octanol–water partition coefficient (Wildman–Crippen LogP) is 3.73. The third kappa shape index (κ3) is 4.31. The van der Waals surface area contributed by atoms with E-state index in [9.17, 15) is 14.4 Å². The van der Waals surface area contributed by atoms with E-state index >= 15 is 0 Å². The predicted molar refractivity (Wildman–Crippen MR) is 129 cm³/mol. The lowest BCUT2D eigenvalue weighted by Crippen LogP contribution is -2.42. The summed E-state index contributed by atoms with van der Waals surface area (Å²) >= 11 is 7.43. The van der Waals surface area contributed by atoms with Crippen molar-refractivity contribution in [2.45, 2.75) is 46.2 Å². The average Bonchev–Trinajstić information content (AvgIpc) is 3.19. The zero-order valence-electron chi connectivity index (χ0n) is 18.3. The van der Waals surface area contributed by atoms with Crippen LogP contribution in [0.15, 0.2) is 33.9 Å². The molecule has 1 fully saturated rings. The molecule has 1 N–H and O–H groups in total. The van der Waals surface area contributed by atoms with E-state index in [1.807, 2.05) is 0 Å². The highest BCUT2D eigenvalue weighted by atomic mass is 35.5. The number of thiazole rings is 1. The number of rotatable bonds is 5. The van der Waals surface area contributed by atoms with Crippen molar-refractivity contribution in [2.75, 3.05) is 23.3 Å². The summed E-state index contributed by atoms with van der Waals surface area (Å²) in [6.07, 6.45) is 2.11. The third-order valence-corrected chi connectivity index (χ3v) is 7.15. The lowest BCUT2D eigenvalue weighted by Gasteiger charge is -2.29. The fraction of sp³-hybridized carbons (Fsp3) is 0.455. The standard InChI is InChI=1S/C22H26ClN5O3S/c1-13(2)28-20(30)18-19(25-21(32-18)26-10-8-14(3)9-11-26)27(22(28)31)12-17(29)24-16-7-5-4-6-15(16)23/h4-7,13-14H,8-12H2,1-3H3,(H,24,29). The van der Waals surface area contributed by atoms with Gasteiger partial charge in [-0.2, -0.15) is 0 Å². The van der Waals surface area contributed by atoms with E-state index < -0.39 is 11.6 Å². The monoisotopic (exact) mass is 475 g/mol. The minimum atomic E-state index is -0.545. The van der Waals surface area contributed by atoms with Gasteiger partial charge in [0.25, 0.3) is 5.56 Å². The van der Waals surface area contributed by atoms with E-state index in [0.29, 0.717) is 26.5 Å². The maximum Gasteiger partial charge on any atom is 0.333 e. The lowest BCUT2D eigenvalue weighted by molar-refractivity contribution is -0.116. The van der Waals surface area contributed by atoms with Crippen molar-refractivity contribution in [3.63, 3.8) is 0 Å². The smallest absolute Gasteiger partial charge is 0.333 e. The number of aromatic nitrogens is 3. The molecule has 0 saturated carbocycles. The summed E-state index contributed by atoms with van der Waals surface area (Å²) in [6, 6.07) is 6.54. The molecule has 3 heterocycles.